The van der Waals surface area contributed by atoms with E-state index in [0.29, 0.717) is 6.42 Å². The van der Waals surface area contributed by atoms with Gasteiger partial charge >= 0.3 is 0 Å². The van der Waals surface area contributed by atoms with Crippen LogP contribution in [0, 0.1) is 5.82 Å². The number of anilines is 1. The lowest BCUT2D eigenvalue weighted by Gasteiger charge is -2.15. The Morgan fingerprint density at radius 2 is 2.16 bits per heavy atom. The molecule has 0 fully saturated rings. The fraction of sp³-hybridized carbons (Fsp3) is 0.455. The largest absolute Gasteiger partial charge is 0.396 e. The fourth-order valence-electron chi connectivity index (χ4n) is 1.43. The lowest BCUT2D eigenvalue weighted by atomic mass is 10.3. The number of rotatable bonds is 6. The van der Waals surface area contributed by atoms with Crippen LogP contribution in [0.1, 0.15) is 13.3 Å². The molecule has 1 atom stereocenters. The molecule has 1 aromatic carbocycles. The van der Waals surface area contributed by atoms with Gasteiger partial charge in [0.05, 0.1) is 10.7 Å². The van der Waals surface area contributed by atoms with Crippen LogP contribution in [0.5, 0.6) is 0 Å². The van der Waals surface area contributed by atoms with Crippen LogP contribution in [0.15, 0.2) is 17.0 Å². The zero-order valence-corrected chi connectivity index (χ0v) is 13.0. The van der Waals surface area contributed by atoms with Gasteiger partial charge in [-0.15, -0.1) is 0 Å². The molecule has 0 aliphatic heterocycles. The molecule has 0 aromatic heterocycles. The third kappa shape index (κ3) is 4.52. The van der Waals surface area contributed by atoms with Crippen LogP contribution < -0.4 is 10.5 Å². The Morgan fingerprint density at radius 1 is 1.53 bits per heavy atom. The van der Waals surface area contributed by atoms with Gasteiger partial charge in [-0.25, -0.2) is 17.5 Å². The molecule has 0 heterocycles. The van der Waals surface area contributed by atoms with Crippen molar-refractivity contribution < 1.29 is 12.8 Å². The first kappa shape index (κ1) is 16.6. The zero-order chi connectivity index (χ0) is 14.6. The lowest BCUT2D eigenvalue weighted by molar-refractivity contribution is 0.556. The second-order valence-corrected chi connectivity index (χ2v) is 7.18. The number of sulfonamides is 1. The van der Waals surface area contributed by atoms with Crippen LogP contribution >= 0.6 is 23.4 Å². The third-order valence-electron chi connectivity index (χ3n) is 2.45. The van der Waals surface area contributed by atoms with E-state index >= 15 is 0 Å². The molecule has 8 heteroatoms. The second-order valence-electron chi connectivity index (χ2n) is 4.11. The average molecular weight is 327 g/mol. The summed E-state index contributed by atoms with van der Waals surface area (Å²) in [5.74, 6) is 0.0996. The van der Waals surface area contributed by atoms with Crippen molar-refractivity contribution in [2.75, 3.05) is 17.7 Å². The highest BCUT2D eigenvalue weighted by atomic mass is 35.5. The van der Waals surface area contributed by atoms with Crippen molar-refractivity contribution in [2.45, 2.75) is 24.3 Å². The Morgan fingerprint density at radius 3 is 2.74 bits per heavy atom. The van der Waals surface area contributed by atoms with Crippen molar-refractivity contribution in [3.63, 3.8) is 0 Å². The molecule has 1 aromatic rings. The van der Waals surface area contributed by atoms with Crippen LogP contribution in [0.3, 0.4) is 0 Å². The minimum atomic E-state index is -3.80. The van der Waals surface area contributed by atoms with E-state index in [-0.39, 0.29) is 21.6 Å². The van der Waals surface area contributed by atoms with Gasteiger partial charge in [-0.3, -0.25) is 0 Å². The van der Waals surface area contributed by atoms with Crippen LogP contribution in [0.25, 0.3) is 0 Å². The van der Waals surface area contributed by atoms with Gasteiger partial charge in [-0.2, -0.15) is 11.8 Å². The number of nitrogens with two attached hydrogens (primary N) is 1. The molecule has 0 bridgehead atoms. The summed E-state index contributed by atoms with van der Waals surface area (Å²) in [5, 5.41) is -0.184. The number of hydrogen-bond donors (Lipinski definition) is 2. The Labute approximate surface area is 121 Å². The van der Waals surface area contributed by atoms with E-state index in [1.807, 2.05) is 6.26 Å². The summed E-state index contributed by atoms with van der Waals surface area (Å²) in [7, 11) is -3.80. The highest BCUT2D eigenvalue weighted by molar-refractivity contribution is 7.98. The first-order valence-corrected chi connectivity index (χ1v) is 8.79. The molecule has 4 nitrogen and oxygen atoms in total. The van der Waals surface area contributed by atoms with E-state index in [1.165, 1.54) is 0 Å². The van der Waals surface area contributed by atoms with Crippen molar-refractivity contribution >= 4 is 39.1 Å². The van der Waals surface area contributed by atoms with E-state index in [2.05, 4.69) is 4.72 Å². The van der Waals surface area contributed by atoms with E-state index in [9.17, 15) is 12.8 Å². The second kappa shape index (κ2) is 6.78. The summed E-state index contributed by atoms with van der Waals surface area (Å²) >= 11 is 7.38. The van der Waals surface area contributed by atoms with Gasteiger partial charge in [0, 0.05) is 6.04 Å². The predicted molar refractivity (Wildman–Crippen MR) is 78.6 cm³/mol. The van der Waals surface area contributed by atoms with Gasteiger partial charge in [0.1, 0.15) is 10.7 Å². The molecule has 1 rings (SSSR count). The van der Waals surface area contributed by atoms with Crippen molar-refractivity contribution in [3.05, 3.63) is 23.0 Å². The molecule has 1 unspecified atom stereocenters. The Hall–Kier alpha value is -0.500. The van der Waals surface area contributed by atoms with E-state index < -0.39 is 15.8 Å². The summed E-state index contributed by atoms with van der Waals surface area (Å²) < 4.78 is 39.9. The molecule has 19 heavy (non-hydrogen) atoms. The Kier molecular flexibility index (Phi) is 5.91. The van der Waals surface area contributed by atoms with Crippen LogP contribution in [0.2, 0.25) is 5.02 Å². The normalized spacial score (nSPS) is 13.5. The summed E-state index contributed by atoms with van der Waals surface area (Å²) in [5.41, 5.74) is 5.12. The fourth-order valence-corrected chi connectivity index (χ4v) is 3.85. The molecule has 0 aliphatic carbocycles. The zero-order valence-electron chi connectivity index (χ0n) is 10.6. The number of hydrogen-bond acceptors (Lipinski definition) is 4. The minimum absolute atomic E-state index is 0.184. The van der Waals surface area contributed by atoms with Crippen LogP contribution in [0.4, 0.5) is 10.1 Å². The molecule has 0 aliphatic rings. The number of nitrogen functional groups attached to an aromatic ring is 1. The van der Waals surface area contributed by atoms with Gasteiger partial charge in [0.15, 0.2) is 0 Å². The first-order valence-electron chi connectivity index (χ1n) is 5.53. The monoisotopic (exact) mass is 326 g/mol. The predicted octanol–water partition coefficient (Wildman–Crippen LogP) is 2.48. The van der Waals surface area contributed by atoms with Crippen molar-refractivity contribution in [2.24, 2.45) is 0 Å². The summed E-state index contributed by atoms with van der Waals surface area (Å²) in [6.45, 7) is 1.76. The van der Waals surface area contributed by atoms with Crippen molar-refractivity contribution in [1.29, 1.82) is 0 Å². The van der Waals surface area contributed by atoms with Crippen molar-refractivity contribution in [1.82, 2.24) is 4.72 Å². The van der Waals surface area contributed by atoms with Gasteiger partial charge in [0.2, 0.25) is 10.0 Å². The van der Waals surface area contributed by atoms with Gasteiger partial charge in [-0.05, 0) is 37.5 Å². The topological polar surface area (TPSA) is 72.2 Å². The number of nitrogens with one attached hydrogen (secondary N) is 1. The molecular formula is C11H16ClFN2O2S2. The smallest absolute Gasteiger partial charge is 0.242 e. The standard InChI is InChI=1S/C11H16ClFN2O2S2/c1-7(3-4-18-2)15-19(16,17)11-6-10(14)9(13)5-8(11)12/h5-7,15H,3-4,14H2,1-2H3. The number of thioether (sulfide) groups is 1. The summed E-state index contributed by atoms with van der Waals surface area (Å²) in [6, 6.07) is 1.69. The maximum absolute atomic E-state index is 13.1. The quantitative estimate of drug-likeness (QED) is 0.788. The van der Waals surface area contributed by atoms with E-state index in [0.717, 1.165) is 17.9 Å². The van der Waals surface area contributed by atoms with Crippen LogP contribution in [-0.4, -0.2) is 26.5 Å². The average Bonchev–Trinajstić information content (AvgIpc) is 2.30. The molecular weight excluding hydrogens is 311 g/mol. The molecule has 0 amide bonds. The van der Waals surface area contributed by atoms with Crippen LogP contribution in [-0.2, 0) is 10.0 Å². The highest BCUT2D eigenvalue weighted by Crippen LogP contribution is 2.26. The maximum Gasteiger partial charge on any atom is 0.242 e. The van der Waals surface area contributed by atoms with Gasteiger partial charge in [0.25, 0.3) is 0 Å². The molecule has 0 radical (unpaired) electrons. The lowest BCUT2D eigenvalue weighted by Crippen LogP contribution is -2.33. The van der Waals surface area contributed by atoms with Gasteiger partial charge in [-0.1, -0.05) is 11.6 Å². The highest BCUT2D eigenvalue weighted by Gasteiger charge is 2.22. The Bertz CT molecular complexity index is 552. The molecule has 108 valence electrons. The summed E-state index contributed by atoms with van der Waals surface area (Å²) in [4.78, 5) is -0.205. The van der Waals surface area contributed by atoms with E-state index in [4.69, 9.17) is 17.3 Å². The molecule has 0 spiro atoms. The minimum Gasteiger partial charge on any atom is -0.396 e. The van der Waals surface area contributed by atoms with Crippen molar-refractivity contribution in [3.8, 4) is 0 Å². The third-order valence-corrected chi connectivity index (χ3v) is 5.15. The van der Waals surface area contributed by atoms with E-state index in [1.54, 1.807) is 18.7 Å². The maximum atomic E-state index is 13.1. The summed E-state index contributed by atoms with van der Waals surface area (Å²) in [6.07, 6.45) is 2.63. The SMILES string of the molecule is CSCCC(C)NS(=O)(=O)c1cc(N)c(F)cc1Cl. The molecule has 0 saturated carbocycles. The molecule has 3 N–H and O–H groups in total. The number of benzene rings is 1. The number of halogens is 2. The van der Waals surface area contributed by atoms with Gasteiger partial charge < -0.3 is 5.73 Å². The molecule has 0 saturated heterocycles. The first-order chi connectivity index (χ1) is 8.77. The Balaban J connectivity index is 2.98.